The predicted molar refractivity (Wildman–Crippen MR) is 270 cm³/mol. The molecule has 7 rings (SSSR count). The summed E-state index contributed by atoms with van der Waals surface area (Å²) >= 11 is 0. The normalized spacial score (nSPS) is 13.0. The largest absolute Gasteiger partial charge is 0.508 e. The second-order valence-electron chi connectivity index (χ2n) is 18.2. The maximum Gasteiger partial charge on any atom is 0.262 e. The first-order valence-corrected chi connectivity index (χ1v) is 26.7. The minimum absolute atomic E-state index is 0.00780. The van der Waals surface area contributed by atoms with E-state index in [1.165, 1.54) is 55.8 Å². The zero-order valence-electron chi connectivity index (χ0n) is 39.6. The van der Waals surface area contributed by atoms with Gasteiger partial charge >= 0.3 is 0 Å². The van der Waals surface area contributed by atoms with Crippen molar-refractivity contribution < 1.29 is 41.8 Å². The van der Waals surface area contributed by atoms with Gasteiger partial charge in [-0.3, -0.25) is 19.4 Å². The summed E-state index contributed by atoms with van der Waals surface area (Å²) in [5.41, 5.74) is 10.2. The van der Waals surface area contributed by atoms with E-state index in [9.17, 15) is 27.9 Å². The molecule has 0 radical (unpaired) electrons. The van der Waals surface area contributed by atoms with Gasteiger partial charge in [-0.25, -0.2) is 8.42 Å². The summed E-state index contributed by atoms with van der Waals surface area (Å²) in [6.07, 6.45) is 2.28. The van der Waals surface area contributed by atoms with E-state index < -0.39 is 36.1 Å². The number of carbonyl (C=O) groups is 3. The Bertz CT molecular complexity index is 3130. The summed E-state index contributed by atoms with van der Waals surface area (Å²) in [5.74, 6) is 5.90. The number of methoxy groups -OCH3 is 1. The minimum atomic E-state index is -4.19. The third-order valence-corrected chi connectivity index (χ3v) is 18.3. The number of phenols is 1. The van der Waals surface area contributed by atoms with Crippen LogP contribution in [-0.4, -0.2) is 71.4 Å². The van der Waals surface area contributed by atoms with Gasteiger partial charge in [0.15, 0.2) is 14.9 Å². The molecule has 358 valence electrons. The number of hydrogen-bond acceptors (Lipinski definition) is 12. The van der Waals surface area contributed by atoms with Gasteiger partial charge in [-0.2, -0.15) is 0 Å². The number of aryl methyl sites for hydroxylation is 1. The lowest BCUT2D eigenvalue weighted by Gasteiger charge is -2.40. The van der Waals surface area contributed by atoms with Crippen molar-refractivity contribution in [3.63, 3.8) is 0 Å². The fourth-order valence-electron chi connectivity index (χ4n) is 7.45. The molecular formula is C52H56N6O9SSi. The van der Waals surface area contributed by atoms with Crippen molar-refractivity contribution in [1.29, 1.82) is 0 Å². The molecule has 0 saturated heterocycles. The fraction of sp³-hybridized carbons (Fsp3) is 0.269. The van der Waals surface area contributed by atoms with Crippen LogP contribution in [0.2, 0.25) is 18.1 Å². The van der Waals surface area contributed by atoms with Crippen molar-refractivity contribution >= 4 is 69.5 Å². The smallest absolute Gasteiger partial charge is 0.262 e. The number of phenolic OH excluding ortho intramolecular Hbond substituents is 1. The summed E-state index contributed by atoms with van der Waals surface area (Å²) < 4.78 is 46.5. The number of benzene rings is 5. The average molecular weight is 969 g/mol. The molecule has 5 aromatic carbocycles. The van der Waals surface area contributed by atoms with Gasteiger partial charge in [-0.05, 0) is 116 Å². The van der Waals surface area contributed by atoms with E-state index in [4.69, 9.17) is 19.6 Å². The Balaban J connectivity index is 0.981. The van der Waals surface area contributed by atoms with Gasteiger partial charge < -0.3 is 46.0 Å². The first-order valence-electron chi connectivity index (χ1n) is 22.3. The first-order chi connectivity index (χ1) is 32.7. The Hall–Kier alpha value is -7.23. The Labute approximate surface area is 403 Å². The van der Waals surface area contributed by atoms with Crippen molar-refractivity contribution in [2.75, 3.05) is 42.8 Å². The van der Waals surface area contributed by atoms with Crippen LogP contribution in [0.15, 0.2) is 113 Å². The van der Waals surface area contributed by atoms with E-state index in [0.29, 0.717) is 70.1 Å². The molecule has 6 aromatic rings. The van der Waals surface area contributed by atoms with E-state index in [2.05, 4.69) is 72.0 Å². The number of primary amides is 1. The molecule has 17 heteroatoms. The van der Waals surface area contributed by atoms with E-state index in [1.54, 1.807) is 61.5 Å². The Kier molecular flexibility index (Phi) is 14.8. The number of nitrogens with one attached hydrogen (secondary N) is 4. The number of rotatable bonds is 16. The van der Waals surface area contributed by atoms with Gasteiger partial charge in [0.2, 0.25) is 9.84 Å². The number of ether oxygens (including phenoxy) is 2. The molecule has 1 aliphatic heterocycles. The highest BCUT2D eigenvalue weighted by Gasteiger charge is 2.40. The Morgan fingerprint density at radius 1 is 0.986 bits per heavy atom. The highest BCUT2D eigenvalue weighted by Crippen LogP contribution is 2.44. The second-order valence-corrected chi connectivity index (χ2v) is 24.9. The summed E-state index contributed by atoms with van der Waals surface area (Å²) in [7, 11) is -4.93. The first kappa shape index (κ1) is 49.7. The molecule has 2 heterocycles. The third-order valence-electron chi connectivity index (χ3n) is 12.1. The number of carbonyl (C=O) groups excluding carboxylic acids is 3. The van der Waals surface area contributed by atoms with E-state index in [-0.39, 0.29) is 49.9 Å². The molecule has 7 N–H and O–H groups in total. The van der Waals surface area contributed by atoms with Crippen LogP contribution in [-0.2, 0) is 19.1 Å². The number of sulfone groups is 1. The number of anilines is 4. The number of nitrogens with two attached hydrogens (primary N) is 1. The molecule has 0 unspecified atom stereocenters. The molecule has 1 atom stereocenters. The van der Waals surface area contributed by atoms with Crippen LogP contribution in [0, 0.1) is 18.8 Å². The minimum Gasteiger partial charge on any atom is -0.508 e. The number of unbranched alkanes of at least 4 members (excludes halogenated alkanes) is 1. The second kappa shape index (κ2) is 20.6. The van der Waals surface area contributed by atoms with Gasteiger partial charge in [0, 0.05) is 64.7 Å². The number of amides is 3. The SMILES string of the molecule is COc1cccc(Nc2c(C(N)=O)cnc3c(C)cc(S(=O)(=O)c4cccc(C(=O)Nc5ccc(C#CCCCNC[C@H](O[Si](C)(C)C(C)(C)C)c6cc(O)cc7c6OCC(=O)N7)cc5)c4)cc23)c1. The summed E-state index contributed by atoms with van der Waals surface area (Å²) in [6, 6.07) is 25.9. The zero-order valence-corrected chi connectivity index (χ0v) is 41.4. The maximum atomic E-state index is 14.2. The van der Waals surface area contributed by atoms with Crippen LogP contribution >= 0.6 is 0 Å². The predicted octanol–water partition coefficient (Wildman–Crippen LogP) is 9.00. The van der Waals surface area contributed by atoms with Crippen molar-refractivity contribution in [1.82, 2.24) is 10.3 Å². The lowest BCUT2D eigenvalue weighted by Crippen LogP contribution is -2.43. The highest BCUT2D eigenvalue weighted by molar-refractivity contribution is 7.91. The third kappa shape index (κ3) is 11.6. The topological polar surface area (TPSA) is 220 Å². The number of nitrogens with zero attached hydrogens (tertiary/aromatic N) is 1. The van der Waals surface area contributed by atoms with Gasteiger partial charge in [-0.15, -0.1) is 0 Å². The lowest BCUT2D eigenvalue weighted by atomic mass is 10.0. The molecule has 0 aliphatic carbocycles. The van der Waals surface area contributed by atoms with Crippen LogP contribution < -0.4 is 36.5 Å². The Morgan fingerprint density at radius 3 is 2.46 bits per heavy atom. The number of hydrogen-bond donors (Lipinski definition) is 6. The van der Waals surface area contributed by atoms with Crippen LogP contribution in [0.5, 0.6) is 17.2 Å². The molecular weight excluding hydrogens is 913 g/mol. The summed E-state index contributed by atoms with van der Waals surface area (Å²) in [4.78, 5) is 42.4. The van der Waals surface area contributed by atoms with E-state index in [0.717, 1.165) is 12.0 Å². The quantitative estimate of drug-likeness (QED) is 0.0304. The van der Waals surface area contributed by atoms with Crippen molar-refractivity contribution in [3.8, 4) is 29.1 Å². The molecule has 69 heavy (non-hydrogen) atoms. The monoisotopic (exact) mass is 968 g/mol. The summed E-state index contributed by atoms with van der Waals surface area (Å²) in [6.45, 7) is 13.5. The molecule has 3 amide bonds. The van der Waals surface area contributed by atoms with Crippen LogP contribution in [0.25, 0.3) is 10.9 Å². The Morgan fingerprint density at radius 2 is 1.74 bits per heavy atom. The summed E-state index contributed by atoms with van der Waals surface area (Å²) in [5, 5.41) is 23.2. The molecule has 1 aliphatic rings. The molecule has 15 nitrogen and oxygen atoms in total. The van der Waals surface area contributed by atoms with Crippen LogP contribution in [0.1, 0.15) is 77.1 Å². The van der Waals surface area contributed by atoms with Gasteiger partial charge in [0.25, 0.3) is 17.7 Å². The average Bonchev–Trinajstić information content (AvgIpc) is 3.30. The molecule has 1 aromatic heterocycles. The van der Waals surface area contributed by atoms with Gasteiger partial charge in [0.05, 0.1) is 45.5 Å². The van der Waals surface area contributed by atoms with E-state index in [1.807, 2.05) is 0 Å². The zero-order chi connectivity index (χ0) is 49.7. The highest BCUT2D eigenvalue weighted by atomic mass is 32.2. The standard InChI is InChI=1S/C52H56N6O9SSi/c1-32-23-40(28-42-47(32)55-29-43(50(53)61)48(42)56-36-15-12-16-38(25-36)65-5)68(63,64)39-17-11-14-34(24-39)51(62)57-35-20-18-33(19-21-35)13-9-8-10-22-54-30-45(67-69(6,7)52(2,3)4)41-26-37(59)27-44-49(41)66-31-46(60)58-44/h11-12,14-21,23-29,45,54,59H,8,10,22,30-31H2,1-7H3,(H2,53,61)(H,55,56)(H,57,62)(H,58,60)/t45-/m0/s1. The molecule has 0 fully saturated rings. The van der Waals surface area contributed by atoms with Gasteiger partial charge in [0.1, 0.15) is 17.2 Å². The van der Waals surface area contributed by atoms with Crippen molar-refractivity contribution in [2.45, 2.75) is 74.6 Å². The van der Waals surface area contributed by atoms with E-state index >= 15 is 0 Å². The number of aromatic hydroxyl groups is 1. The number of aromatic nitrogens is 1. The van der Waals surface area contributed by atoms with Crippen molar-refractivity contribution in [2.24, 2.45) is 5.73 Å². The van der Waals surface area contributed by atoms with Crippen LogP contribution in [0.3, 0.4) is 0 Å². The fourth-order valence-corrected chi connectivity index (χ4v) is 10.1. The number of fused-ring (bicyclic) bond motifs is 2. The molecule has 0 spiro atoms. The van der Waals surface area contributed by atoms with Crippen LogP contribution in [0.4, 0.5) is 22.7 Å². The molecule has 0 saturated carbocycles. The van der Waals surface area contributed by atoms with Crippen molar-refractivity contribution in [3.05, 3.63) is 131 Å². The van der Waals surface area contributed by atoms with Gasteiger partial charge in [-0.1, -0.05) is 44.7 Å². The lowest BCUT2D eigenvalue weighted by molar-refractivity contribution is -0.118. The number of pyridine rings is 1. The molecule has 0 bridgehead atoms. The maximum absolute atomic E-state index is 14.2.